The number of halogens is 2. The van der Waals surface area contributed by atoms with Gasteiger partial charge in [-0.3, -0.25) is 9.89 Å². The summed E-state index contributed by atoms with van der Waals surface area (Å²) >= 11 is 13.2. The lowest BCUT2D eigenvalue weighted by atomic mass is 10.2. The maximum Gasteiger partial charge on any atom is 0.236 e. The van der Waals surface area contributed by atoms with Crippen LogP contribution in [0.25, 0.3) is 11.4 Å². The van der Waals surface area contributed by atoms with Gasteiger partial charge in [0, 0.05) is 5.56 Å². The first kappa shape index (κ1) is 17.7. The molecule has 2 heterocycles. The Balaban J connectivity index is 1.60. The van der Waals surface area contributed by atoms with Crippen molar-refractivity contribution < 1.29 is 4.79 Å². The zero-order valence-corrected chi connectivity index (χ0v) is 15.4. The van der Waals surface area contributed by atoms with Crippen molar-refractivity contribution in [2.75, 3.05) is 11.1 Å². The number of aryl methyl sites for hydroxylation is 1. The van der Waals surface area contributed by atoms with E-state index in [1.807, 2.05) is 30.3 Å². The quantitative estimate of drug-likeness (QED) is 0.634. The second-order valence-electron chi connectivity index (χ2n) is 5.06. The van der Waals surface area contributed by atoms with Crippen LogP contribution < -0.4 is 5.32 Å². The highest BCUT2D eigenvalue weighted by atomic mass is 35.5. The number of hydrogen-bond acceptors (Lipinski definition) is 5. The van der Waals surface area contributed by atoms with Gasteiger partial charge in [0.1, 0.15) is 0 Å². The summed E-state index contributed by atoms with van der Waals surface area (Å²) in [5.41, 5.74) is 1.52. The van der Waals surface area contributed by atoms with Gasteiger partial charge in [0.25, 0.3) is 0 Å². The zero-order valence-electron chi connectivity index (χ0n) is 13.1. The summed E-state index contributed by atoms with van der Waals surface area (Å²) in [6.07, 6.45) is 0. The van der Waals surface area contributed by atoms with Crippen LogP contribution in [0.3, 0.4) is 0 Å². The predicted octanol–water partition coefficient (Wildman–Crippen LogP) is 4.21. The molecule has 6 nitrogen and oxygen atoms in total. The van der Waals surface area contributed by atoms with E-state index in [0.29, 0.717) is 26.7 Å². The number of amides is 1. The maximum absolute atomic E-state index is 12.1. The second kappa shape index (κ2) is 7.86. The largest absolute Gasteiger partial charge is 0.309 e. The van der Waals surface area contributed by atoms with Crippen molar-refractivity contribution in [3.8, 4) is 11.4 Å². The van der Waals surface area contributed by atoms with E-state index in [4.69, 9.17) is 23.2 Å². The number of rotatable bonds is 5. The minimum absolute atomic E-state index is 0.131. The van der Waals surface area contributed by atoms with Crippen LogP contribution in [0.4, 0.5) is 5.82 Å². The van der Waals surface area contributed by atoms with Crippen LogP contribution in [0.5, 0.6) is 0 Å². The molecule has 1 amide bonds. The first-order chi connectivity index (χ1) is 12.0. The van der Waals surface area contributed by atoms with Crippen molar-refractivity contribution >= 4 is 46.7 Å². The number of nitrogens with one attached hydrogen (secondary N) is 2. The molecule has 0 fully saturated rings. The molecule has 2 N–H and O–H groups in total. The molecule has 25 heavy (non-hydrogen) atoms. The van der Waals surface area contributed by atoms with E-state index in [1.54, 1.807) is 13.0 Å². The fourth-order valence-electron chi connectivity index (χ4n) is 1.98. The lowest BCUT2D eigenvalue weighted by Crippen LogP contribution is -2.15. The molecule has 0 radical (unpaired) electrons. The molecule has 0 aliphatic heterocycles. The molecule has 9 heteroatoms. The second-order valence-corrected chi connectivity index (χ2v) is 6.81. The van der Waals surface area contributed by atoms with Gasteiger partial charge in [-0.25, -0.2) is 9.97 Å². The number of hydrogen-bond donors (Lipinski definition) is 2. The third-order valence-corrected chi connectivity index (χ3v) is 4.73. The summed E-state index contributed by atoms with van der Waals surface area (Å²) in [5.74, 6) is 0.814. The normalized spacial score (nSPS) is 10.7. The summed E-state index contributed by atoms with van der Waals surface area (Å²) in [7, 11) is 0. The molecule has 3 rings (SSSR count). The van der Waals surface area contributed by atoms with Gasteiger partial charge in [0.2, 0.25) is 11.1 Å². The molecular formula is C16H13Cl2N5OS. The van der Waals surface area contributed by atoms with Crippen LogP contribution in [0.2, 0.25) is 10.0 Å². The number of anilines is 1. The van der Waals surface area contributed by atoms with Crippen LogP contribution in [0.1, 0.15) is 5.69 Å². The Labute approximate surface area is 158 Å². The molecule has 1 aromatic carbocycles. The Bertz CT molecular complexity index is 901. The van der Waals surface area contributed by atoms with E-state index >= 15 is 0 Å². The van der Waals surface area contributed by atoms with E-state index in [-0.39, 0.29) is 17.5 Å². The van der Waals surface area contributed by atoms with E-state index in [1.165, 1.54) is 11.8 Å². The molecule has 0 spiro atoms. The number of pyridine rings is 1. The van der Waals surface area contributed by atoms with Crippen LogP contribution in [-0.2, 0) is 4.79 Å². The summed E-state index contributed by atoms with van der Waals surface area (Å²) in [4.78, 5) is 20.6. The Morgan fingerprint density at radius 1 is 1.20 bits per heavy atom. The van der Waals surface area contributed by atoms with E-state index < -0.39 is 0 Å². The Morgan fingerprint density at radius 2 is 1.96 bits per heavy atom. The Morgan fingerprint density at radius 3 is 2.72 bits per heavy atom. The topological polar surface area (TPSA) is 83.6 Å². The number of benzene rings is 1. The van der Waals surface area contributed by atoms with Crippen LogP contribution >= 0.6 is 35.0 Å². The molecular weight excluding hydrogens is 381 g/mol. The summed E-state index contributed by atoms with van der Waals surface area (Å²) in [6, 6.07) is 11.2. The standard InChI is InChI=1S/C16H13Cl2N5OS/c1-9-11(17)7-12(18)15(19-9)20-13(24)8-25-16-21-14(22-23-16)10-5-3-2-4-6-10/h2-7H,8H2,1H3,(H,19,20,24)(H,21,22,23). The first-order valence-electron chi connectivity index (χ1n) is 7.26. The molecule has 0 aliphatic carbocycles. The van der Waals surface area contributed by atoms with Crippen molar-refractivity contribution in [3.63, 3.8) is 0 Å². The highest BCUT2D eigenvalue weighted by Crippen LogP contribution is 2.26. The average molecular weight is 394 g/mol. The number of aromatic nitrogens is 4. The highest BCUT2D eigenvalue weighted by Gasteiger charge is 2.12. The third kappa shape index (κ3) is 4.50. The van der Waals surface area contributed by atoms with Gasteiger partial charge in [0.15, 0.2) is 11.6 Å². The van der Waals surface area contributed by atoms with Crippen molar-refractivity contribution in [3.05, 3.63) is 52.1 Å². The average Bonchev–Trinajstić information content (AvgIpc) is 3.08. The smallest absolute Gasteiger partial charge is 0.236 e. The number of nitrogens with zero attached hydrogens (tertiary/aromatic N) is 3. The molecule has 0 aliphatic rings. The maximum atomic E-state index is 12.1. The molecule has 3 aromatic rings. The van der Waals surface area contributed by atoms with Gasteiger partial charge in [-0.1, -0.05) is 65.3 Å². The van der Waals surface area contributed by atoms with Gasteiger partial charge < -0.3 is 5.32 Å². The van der Waals surface area contributed by atoms with Crippen LogP contribution in [0.15, 0.2) is 41.6 Å². The van der Waals surface area contributed by atoms with Crippen molar-refractivity contribution in [2.45, 2.75) is 12.1 Å². The number of thioether (sulfide) groups is 1. The third-order valence-electron chi connectivity index (χ3n) is 3.21. The van der Waals surface area contributed by atoms with Crippen molar-refractivity contribution in [1.29, 1.82) is 0 Å². The fraction of sp³-hybridized carbons (Fsp3) is 0.125. The van der Waals surface area contributed by atoms with Crippen LogP contribution in [0, 0.1) is 6.92 Å². The van der Waals surface area contributed by atoms with Gasteiger partial charge in [-0.05, 0) is 13.0 Å². The summed E-state index contributed by atoms with van der Waals surface area (Å²) < 4.78 is 0. The molecule has 0 atom stereocenters. The number of carbonyl (C=O) groups excluding carboxylic acids is 1. The fourth-order valence-corrected chi connectivity index (χ4v) is 2.98. The van der Waals surface area contributed by atoms with Gasteiger partial charge in [-0.2, -0.15) is 0 Å². The van der Waals surface area contributed by atoms with E-state index in [9.17, 15) is 4.79 Å². The number of H-pyrrole nitrogens is 1. The van der Waals surface area contributed by atoms with Crippen LogP contribution in [-0.4, -0.2) is 31.8 Å². The monoisotopic (exact) mass is 393 g/mol. The summed E-state index contributed by atoms with van der Waals surface area (Å²) in [5, 5.41) is 10.8. The molecule has 2 aromatic heterocycles. The minimum atomic E-state index is -0.257. The van der Waals surface area contributed by atoms with Crippen molar-refractivity contribution in [2.24, 2.45) is 0 Å². The van der Waals surface area contributed by atoms with Gasteiger partial charge in [0.05, 0.1) is 21.5 Å². The SMILES string of the molecule is Cc1nc(NC(=O)CSc2n[nH]c(-c3ccccc3)n2)c(Cl)cc1Cl. The minimum Gasteiger partial charge on any atom is -0.309 e. The lowest BCUT2D eigenvalue weighted by Gasteiger charge is -2.07. The highest BCUT2D eigenvalue weighted by molar-refractivity contribution is 7.99. The number of carbonyl (C=O) groups is 1. The molecule has 0 unspecified atom stereocenters. The van der Waals surface area contributed by atoms with Gasteiger partial charge >= 0.3 is 0 Å². The zero-order chi connectivity index (χ0) is 17.8. The first-order valence-corrected chi connectivity index (χ1v) is 9.00. The molecule has 128 valence electrons. The van der Waals surface area contributed by atoms with Gasteiger partial charge in [-0.15, -0.1) is 5.10 Å². The predicted molar refractivity (Wildman–Crippen MR) is 100 cm³/mol. The van der Waals surface area contributed by atoms with Crippen molar-refractivity contribution in [1.82, 2.24) is 20.2 Å². The van der Waals surface area contributed by atoms with E-state index in [0.717, 1.165) is 5.56 Å². The Hall–Kier alpha value is -2.09. The Kier molecular flexibility index (Phi) is 5.57. The molecule has 0 saturated heterocycles. The lowest BCUT2D eigenvalue weighted by molar-refractivity contribution is -0.113. The molecule has 0 saturated carbocycles. The van der Waals surface area contributed by atoms with E-state index in [2.05, 4.69) is 25.5 Å². The number of aromatic amines is 1. The summed E-state index contributed by atoms with van der Waals surface area (Å²) in [6.45, 7) is 1.74. The molecule has 0 bridgehead atoms.